The molecular weight excluding hydrogens is 260 g/mol. The summed E-state index contributed by atoms with van der Waals surface area (Å²) in [6, 6.07) is 6.08. The van der Waals surface area contributed by atoms with Crippen LogP contribution >= 0.6 is 0 Å². The summed E-state index contributed by atoms with van der Waals surface area (Å²) in [6.45, 7) is 2.25. The maximum Gasteiger partial charge on any atom is 0.269 e. The molecule has 1 N–H and O–H groups in total. The number of amides is 1. The summed E-state index contributed by atoms with van der Waals surface area (Å²) in [4.78, 5) is 21.3. The largest absolute Gasteiger partial charge is 0.494 e. The van der Waals surface area contributed by atoms with E-state index in [4.69, 9.17) is 4.74 Å². The van der Waals surface area contributed by atoms with Crippen LogP contribution < -0.4 is 5.32 Å². The fraction of sp³-hybridized carbons (Fsp3) is 0.214. The zero-order valence-electron chi connectivity index (χ0n) is 11.3. The van der Waals surface area contributed by atoms with Gasteiger partial charge in [0.05, 0.1) is 11.5 Å². The van der Waals surface area contributed by atoms with Crippen molar-refractivity contribution in [2.75, 3.05) is 13.7 Å². The highest BCUT2D eigenvalue weighted by Crippen LogP contribution is 2.13. The molecule has 0 saturated heterocycles. The Morgan fingerprint density at radius 3 is 2.55 bits per heavy atom. The Bertz CT molecular complexity index is 533. The summed E-state index contributed by atoms with van der Waals surface area (Å²) in [7, 11) is 1.53. The van der Waals surface area contributed by atoms with Crippen molar-refractivity contribution in [2.24, 2.45) is 0 Å². The molecule has 106 valence electrons. The summed E-state index contributed by atoms with van der Waals surface area (Å²) in [5.74, 6) is 0.159. The molecule has 1 aromatic carbocycles. The second-order valence-corrected chi connectivity index (χ2v) is 3.78. The van der Waals surface area contributed by atoms with Crippen molar-refractivity contribution in [3.05, 3.63) is 57.9 Å². The first-order valence-corrected chi connectivity index (χ1v) is 6.05. The monoisotopic (exact) mass is 276 g/mol. The van der Waals surface area contributed by atoms with Crippen LogP contribution in [0.15, 0.2) is 42.2 Å². The van der Waals surface area contributed by atoms with Crippen LogP contribution in [0, 0.1) is 10.1 Å². The van der Waals surface area contributed by atoms with Gasteiger partial charge in [-0.2, -0.15) is 0 Å². The summed E-state index contributed by atoms with van der Waals surface area (Å²) < 4.78 is 5.30. The maximum atomic E-state index is 11.3. The van der Waals surface area contributed by atoms with Crippen molar-refractivity contribution < 1.29 is 14.5 Å². The molecule has 0 aliphatic rings. The fourth-order valence-corrected chi connectivity index (χ4v) is 1.39. The molecule has 0 radical (unpaired) electrons. The Morgan fingerprint density at radius 1 is 1.40 bits per heavy atom. The Kier molecular flexibility index (Phi) is 5.96. The highest BCUT2D eigenvalue weighted by Gasteiger charge is 2.02. The molecule has 0 aliphatic carbocycles. The third-order valence-electron chi connectivity index (χ3n) is 2.37. The van der Waals surface area contributed by atoms with Crippen LogP contribution in [-0.2, 0) is 9.53 Å². The first-order valence-electron chi connectivity index (χ1n) is 6.05. The molecule has 0 spiro atoms. The normalized spacial score (nSPS) is 11.4. The number of nitro groups is 1. The highest BCUT2D eigenvalue weighted by atomic mass is 16.6. The molecule has 6 heteroatoms. The molecule has 1 rings (SSSR count). The van der Waals surface area contributed by atoms with Crippen molar-refractivity contribution in [3.63, 3.8) is 0 Å². The van der Waals surface area contributed by atoms with E-state index in [0.29, 0.717) is 12.4 Å². The number of benzene rings is 1. The van der Waals surface area contributed by atoms with Gasteiger partial charge in [-0.15, -0.1) is 0 Å². The molecule has 0 heterocycles. The fourth-order valence-electron chi connectivity index (χ4n) is 1.39. The minimum atomic E-state index is -0.454. The minimum Gasteiger partial charge on any atom is -0.494 e. The molecule has 0 saturated carbocycles. The number of non-ortho nitro benzene ring substituents is 1. The van der Waals surface area contributed by atoms with E-state index in [9.17, 15) is 14.9 Å². The zero-order chi connectivity index (χ0) is 15.0. The van der Waals surface area contributed by atoms with Crippen molar-refractivity contribution in [1.82, 2.24) is 5.32 Å². The average Bonchev–Trinajstić information content (AvgIpc) is 2.45. The molecule has 1 aromatic rings. The average molecular weight is 276 g/mol. The molecular formula is C14H16N2O4. The second kappa shape index (κ2) is 7.73. The van der Waals surface area contributed by atoms with Crippen LogP contribution in [-0.4, -0.2) is 24.5 Å². The Morgan fingerprint density at radius 2 is 2.05 bits per heavy atom. The Balaban J connectivity index is 2.84. The third-order valence-corrected chi connectivity index (χ3v) is 2.37. The van der Waals surface area contributed by atoms with E-state index in [1.165, 1.54) is 25.3 Å². The van der Waals surface area contributed by atoms with E-state index in [0.717, 1.165) is 5.56 Å². The van der Waals surface area contributed by atoms with Gasteiger partial charge in [0.15, 0.2) is 0 Å². The van der Waals surface area contributed by atoms with Crippen LogP contribution in [0.5, 0.6) is 0 Å². The number of nitrogens with zero attached hydrogens (tertiary/aromatic N) is 1. The number of carbonyl (C=O) groups is 1. The number of allylic oxidation sites excluding steroid dienone is 1. The van der Waals surface area contributed by atoms with Gasteiger partial charge in [-0.1, -0.05) is 6.08 Å². The third kappa shape index (κ3) is 4.93. The van der Waals surface area contributed by atoms with Crippen LogP contribution in [0.25, 0.3) is 6.08 Å². The van der Waals surface area contributed by atoms with Crippen molar-refractivity contribution in [1.29, 1.82) is 0 Å². The number of hydrogen-bond donors (Lipinski definition) is 1. The van der Waals surface area contributed by atoms with Gasteiger partial charge in [-0.05, 0) is 30.7 Å². The molecule has 0 fully saturated rings. The van der Waals surface area contributed by atoms with E-state index < -0.39 is 4.92 Å². The van der Waals surface area contributed by atoms with Crippen molar-refractivity contribution in [3.8, 4) is 0 Å². The lowest BCUT2D eigenvalue weighted by molar-refractivity contribution is -0.384. The molecule has 0 atom stereocenters. The molecule has 0 unspecified atom stereocenters. The first-order chi connectivity index (χ1) is 9.56. The van der Waals surface area contributed by atoms with Crippen LogP contribution in [0.1, 0.15) is 12.5 Å². The molecule has 6 nitrogen and oxygen atoms in total. The quantitative estimate of drug-likeness (QED) is 0.284. The number of nitro benzene ring substituents is 1. The second-order valence-electron chi connectivity index (χ2n) is 3.78. The SMILES string of the molecule is CCOC(/C=C\c1ccc([N+](=O)[O-])cc1)=C/C(=O)NC. The number of hydrogen-bond acceptors (Lipinski definition) is 4. The predicted molar refractivity (Wildman–Crippen MR) is 75.9 cm³/mol. The van der Waals surface area contributed by atoms with Crippen LogP contribution in [0.2, 0.25) is 0 Å². The Labute approximate surface area is 116 Å². The first kappa shape index (κ1) is 15.4. The summed E-state index contributed by atoms with van der Waals surface area (Å²) in [6.07, 6.45) is 4.69. The van der Waals surface area contributed by atoms with Crippen LogP contribution in [0.4, 0.5) is 5.69 Å². The van der Waals surface area contributed by atoms with Crippen molar-refractivity contribution in [2.45, 2.75) is 6.92 Å². The zero-order valence-corrected chi connectivity index (χ0v) is 11.3. The number of ether oxygens (including phenoxy) is 1. The van der Waals surface area contributed by atoms with Crippen molar-refractivity contribution >= 4 is 17.7 Å². The lowest BCUT2D eigenvalue weighted by Crippen LogP contribution is -2.15. The molecule has 20 heavy (non-hydrogen) atoms. The van der Waals surface area contributed by atoms with Gasteiger partial charge in [0.2, 0.25) is 5.91 Å². The lowest BCUT2D eigenvalue weighted by Gasteiger charge is -2.03. The summed E-state index contributed by atoms with van der Waals surface area (Å²) in [5.41, 5.74) is 0.811. The van der Waals surface area contributed by atoms with E-state index in [1.54, 1.807) is 24.3 Å². The predicted octanol–water partition coefficient (Wildman–Crippen LogP) is 2.27. The van der Waals surface area contributed by atoms with Gasteiger partial charge in [-0.25, -0.2) is 0 Å². The molecule has 0 aromatic heterocycles. The molecule has 1 amide bonds. The topological polar surface area (TPSA) is 81.5 Å². The number of rotatable bonds is 6. The van der Waals surface area contributed by atoms with Gasteiger partial charge in [0.25, 0.3) is 5.69 Å². The number of likely N-dealkylation sites (N-methyl/N-ethyl adjacent to an activating group) is 1. The van der Waals surface area contributed by atoms with Gasteiger partial charge >= 0.3 is 0 Å². The number of nitrogens with one attached hydrogen (secondary N) is 1. The van der Waals surface area contributed by atoms with E-state index >= 15 is 0 Å². The van der Waals surface area contributed by atoms with E-state index in [1.807, 2.05) is 6.92 Å². The van der Waals surface area contributed by atoms with E-state index in [2.05, 4.69) is 5.32 Å². The van der Waals surface area contributed by atoms with Gasteiger partial charge < -0.3 is 10.1 Å². The minimum absolute atomic E-state index is 0.0353. The molecule has 0 aliphatic heterocycles. The van der Waals surface area contributed by atoms with Gasteiger partial charge in [-0.3, -0.25) is 14.9 Å². The summed E-state index contributed by atoms with van der Waals surface area (Å²) in [5, 5.41) is 13.0. The maximum absolute atomic E-state index is 11.3. The standard InChI is InChI=1S/C14H16N2O4/c1-3-20-13(10-14(17)15-2)9-6-11-4-7-12(8-5-11)16(18)19/h4-10H,3H2,1-2H3,(H,15,17)/b9-6-,13-10+. The van der Waals surface area contributed by atoms with Gasteiger partial charge in [0.1, 0.15) is 5.76 Å². The number of carbonyl (C=O) groups excluding carboxylic acids is 1. The Hall–Kier alpha value is -2.63. The smallest absolute Gasteiger partial charge is 0.269 e. The van der Waals surface area contributed by atoms with E-state index in [-0.39, 0.29) is 11.6 Å². The highest BCUT2D eigenvalue weighted by molar-refractivity contribution is 5.88. The van der Waals surface area contributed by atoms with Crippen LogP contribution in [0.3, 0.4) is 0 Å². The lowest BCUT2D eigenvalue weighted by atomic mass is 10.2. The molecule has 0 bridgehead atoms. The van der Waals surface area contributed by atoms with Gasteiger partial charge in [0, 0.05) is 25.3 Å². The summed E-state index contributed by atoms with van der Waals surface area (Å²) >= 11 is 0.